The summed E-state index contributed by atoms with van der Waals surface area (Å²) in [5.74, 6) is -3.20. The smallest absolute Gasteiger partial charge is 0.276 e. The molecule has 2 N–H and O–H groups in total. The van der Waals surface area contributed by atoms with Gasteiger partial charge in [0, 0.05) is 19.3 Å². The molecule has 0 bridgehead atoms. The van der Waals surface area contributed by atoms with Crippen LogP contribution in [0.2, 0.25) is 0 Å². The Bertz CT molecular complexity index is 1390. The summed E-state index contributed by atoms with van der Waals surface area (Å²) in [6, 6.07) is 0.996. The summed E-state index contributed by atoms with van der Waals surface area (Å²) in [5, 5.41) is 17.9. The van der Waals surface area contributed by atoms with Crippen molar-refractivity contribution >= 4 is 17.5 Å². The largest absolute Gasteiger partial charge is 0.349 e. The third-order valence-corrected chi connectivity index (χ3v) is 8.49. The lowest BCUT2D eigenvalue weighted by molar-refractivity contribution is -0.124. The summed E-state index contributed by atoms with van der Waals surface area (Å²) in [6.07, 6.45) is 5.68. The van der Waals surface area contributed by atoms with Gasteiger partial charge in [0.05, 0.1) is 30.2 Å². The van der Waals surface area contributed by atoms with Crippen LogP contribution in [-0.4, -0.2) is 48.8 Å². The number of carbonyl (C=O) groups is 2. The molecule has 0 radical (unpaired) electrons. The molecule has 0 saturated heterocycles. The first kappa shape index (κ1) is 26.7. The number of halogens is 3. The Balaban J connectivity index is 1.24. The van der Waals surface area contributed by atoms with Crippen LogP contribution in [-0.2, 0) is 4.79 Å². The van der Waals surface area contributed by atoms with E-state index in [4.69, 9.17) is 4.98 Å². The molecule has 0 spiro atoms. The lowest BCUT2D eigenvalue weighted by atomic mass is 9.81. The Kier molecular flexibility index (Phi) is 6.99. The van der Waals surface area contributed by atoms with Gasteiger partial charge in [0.1, 0.15) is 11.9 Å². The number of nitrogens with zero attached hydrogens (tertiary/aromatic N) is 5. The second kappa shape index (κ2) is 10.5. The van der Waals surface area contributed by atoms with Gasteiger partial charge in [-0.1, -0.05) is 5.16 Å². The third-order valence-electron chi connectivity index (χ3n) is 8.49. The quantitative estimate of drug-likeness (QED) is 0.397. The van der Waals surface area contributed by atoms with Crippen LogP contribution in [0.25, 0.3) is 5.65 Å². The van der Waals surface area contributed by atoms with E-state index in [1.54, 1.807) is 23.8 Å². The minimum Gasteiger partial charge on any atom is -0.349 e. The Morgan fingerprint density at radius 2 is 1.82 bits per heavy atom. The van der Waals surface area contributed by atoms with Crippen molar-refractivity contribution in [1.82, 2.24) is 35.5 Å². The van der Waals surface area contributed by atoms with Gasteiger partial charge in [-0.15, -0.1) is 0 Å². The summed E-state index contributed by atoms with van der Waals surface area (Å²) in [4.78, 5) is 30.4. The molecule has 13 heteroatoms. The summed E-state index contributed by atoms with van der Waals surface area (Å²) in [5.41, 5.74) is 2.19. The van der Waals surface area contributed by atoms with Gasteiger partial charge >= 0.3 is 0 Å². The van der Waals surface area contributed by atoms with Crippen molar-refractivity contribution in [1.29, 1.82) is 0 Å². The number of aryl methyl sites for hydroxylation is 1. The van der Waals surface area contributed by atoms with Crippen molar-refractivity contribution in [2.24, 2.45) is 17.8 Å². The van der Waals surface area contributed by atoms with E-state index in [1.807, 2.05) is 6.07 Å². The van der Waals surface area contributed by atoms with E-state index in [1.165, 1.54) is 0 Å². The van der Waals surface area contributed by atoms with E-state index in [0.29, 0.717) is 42.2 Å². The molecular formula is C27H32F3N7O3. The zero-order valence-electron chi connectivity index (χ0n) is 22.2. The fourth-order valence-corrected chi connectivity index (χ4v) is 5.92. The van der Waals surface area contributed by atoms with Crippen molar-refractivity contribution in [3.8, 4) is 0 Å². The van der Waals surface area contributed by atoms with Crippen LogP contribution in [0.1, 0.15) is 97.3 Å². The summed E-state index contributed by atoms with van der Waals surface area (Å²) >= 11 is 0. The van der Waals surface area contributed by atoms with Gasteiger partial charge in [0.15, 0.2) is 11.3 Å². The van der Waals surface area contributed by atoms with Crippen LogP contribution in [0.15, 0.2) is 23.1 Å². The number of fused-ring (bicyclic) bond motifs is 1. The molecule has 10 nitrogen and oxygen atoms in total. The standard InChI is InChI=1S/C27H32F3N7O3/c1-14-23(36-40-35-14)26(39)34-25(17-4-6-27(29,30)7-5-17)20-13-37-21(32-20)11-18(12-31-37)24(16-2-3-16)33-22(38)10-15-8-19(28)9-15/h11-13,15-17,19,24-25H,2-10H2,1H3,(H,33,38)(H,34,39)/t15-,19+,24?,25-/m0/s1. The highest BCUT2D eigenvalue weighted by Crippen LogP contribution is 2.43. The SMILES string of the molecule is Cc1nonc1C(=O)N[C@H](c1cn2ncc(C(NC(=O)C[C@H]3C[C@@H](F)C3)C3CC3)cc2n1)C1CCC(F)(F)CC1. The summed E-state index contributed by atoms with van der Waals surface area (Å²) in [6.45, 7) is 1.59. The predicted molar refractivity (Wildman–Crippen MR) is 135 cm³/mol. The molecule has 3 aliphatic carbocycles. The first-order valence-corrected chi connectivity index (χ1v) is 13.9. The molecule has 0 aliphatic heterocycles. The van der Waals surface area contributed by atoms with E-state index in [-0.39, 0.29) is 55.2 Å². The van der Waals surface area contributed by atoms with Gasteiger partial charge in [-0.05, 0) is 80.0 Å². The van der Waals surface area contributed by atoms with Crippen molar-refractivity contribution in [3.63, 3.8) is 0 Å². The van der Waals surface area contributed by atoms with Crippen molar-refractivity contribution in [3.05, 3.63) is 41.1 Å². The van der Waals surface area contributed by atoms with Gasteiger partial charge in [-0.2, -0.15) is 5.10 Å². The lowest BCUT2D eigenvalue weighted by Gasteiger charge is -2.33. The first-order chi connectivity index (χ1) is 19.1. The number of hydrogen-bond donors (Lipinski definition) is 2. The zero-order chi connectivity index (χ0) is 28.0. The molecule has 0 aromatic carbocycles. The van der Waals surface area contributed by atoms with Gasteiger partial charge in [-0.3, -0.25) is 9.59 Å². The second-order valence-corrected chi connectivity index (χ2v) is 11.6. The summed E-state index contributed by atoms with van der Waals surface area (Å²) in [7, 11) is 0. The van der Waals surface area contributed by atoms with Crippen molar-refractivity contribution in [2.75, 3.05) is 0 Å². The Hall–Kier alpha value is -3.51. The number of carbonyl (C=O) groups excluding carboxylic acids is 2. The number of alkyl halides is 3. The monoisotopic (exact) mass is 559 g/mol. The van der Waals surface area contributed by atoms with Crippen molar-refractivity contribution in [2.45, 2.75) is 88.9 Å². The average Bonchev–Trinajstić information content (AvgIpc) is 3.50. The minimum atomic E-state index is -2.72. The highest BCUT2D eigenvalue weighted by Gasteiger charge is 2.40. The van der Waals surface area contributed by atoms with Crippen LogP contribution >= 0.6 is 0 Å². The molecule has 3 saturated carbocycles. The number of hydrogen-bond acceptors (Lipinski definition) is 7. The zero-order valence-corrected chi connectivity index (χ0v) is 22.2. The molecule has 3 aromatic heterocycles. The Morgan fingerprint density at radius 3 is 2.48 bits per heavy atom. The molecule has 3 aliphatic rings. The van der Waals surface area contributed by atoms with Crippen LogP contribution in [0.4, 0.5) is 13.2 Å². The van der Waals surface area contributed by atoms with Crippen LogP contribution in [0.3, 0.4) is 0 Å². The minimum absolute atomic E-state index is 0.0299. The fraction of sp³-hybridized carbons (Fsp3) is 0.630. The van der Waals surface area contributed by atoms with Gasteiger partial charge < -0.3 is 10.6 Å². The molecule has 1 unspecified atom stereocenters. The maximum Gasteiger partial charge on any atom is 0.276 e. The van der Waals surface area contributed by atoms with E-state index in [0.717, 1.165) is 18.4 Å². The topological polar surface area (TPSA) is 127 Å². The average molecular weight is 560 g/mol. The molecular weight excluding hydrogens is 527 g/mol. The van der Waals surface area contributed by atoms with Crippen LogP contribution in [0.5, 0.6) is 0 Å². The molecule has 40 heavy (non-hydrogen) atoms. The number of nitrogens with one attached hydrogen (secondary N) is 2. The van der Waals surface area contributed by atoms with Gasteiger partial charge in [0.2, 0.25) is 11.8 Å². The maximum absolute atomic E-state index is 13.9. The van der Waals surface area contributed by atoms with E-state index in [2.05, 4.69) is 30.7 Å². The molecule has 3 heterocycles. The second-order valence-electron chi connectivity index (χ2n) is 11.6. The third kappa shape index (κ3) is 5.68. The van der Waals surface area contributed by atoms with E-state index < -0.39 is 24.0 Å². The Labute approximate surface area is 228 Å². The first-order valence-electron chi connectivity index (χ1n) is 13.9. The molecule has 3 fully saturated rings. The molecule has 214 valence electrons. The number of rotatable bonds is 9. The van der Waals surface area contributed by atoms with Gasteiger partial charge in [0.25, 0.3) is 5.91 Å². The highest BCUT2D eigenvalue weighted by atomic mass is 19.3. The van der Waals surface area contributed by atoms with E-state index >= 15 is 0 Å². The normalized spacial score (nSPS) is 24.3. The lowest BCUT2D eigenvalue weighted by Crippen LogP contribution is -2.37. The fourth-order valence-electron chi connectivity index (χ4n) is 5.92. The molecule has 2 atom stereocenters. The number of amides is 2. The molecule has 2 amide bonds. The number of imidazole rings is 1. The molecule has 3 aromatic rings. The summed E-state index contributed by atoms with van der Waals surface area (Å²) < 4.78 is 47.3. The van der Waals surface area contributed by atoms with Gasteiger partial charge in [-0.25, -0.2) is 27.3 Å². The van der Waals surface area contributed by atoms with Crippen LogP contribution in [0, 0.1) is 24.7 Å². The highest BCUT2D eigenvalue weighted by molar-refractivity contribution is 5.93. The maximum atomic E-state index is 13.9. The number of aromatic nitrogens is 5. The molecule has 6 rings (SSSR count). The Morgan fingerprint density at radius 1 is 1.10 bits per heavy atom. The predicted octanol–water partition coefficient (Wildman–Crippen LogP) is 4.42. The van der Waals surface area contributed by atoms with E-state index in [9.17, 15) is 22.8 Å². The van der Waals surface area contributed by atoms with Crippen LogP contribution < -0.4 is 10.6 Å². The van der Waals surface area contributed by atoms with Crippen molar-refractivity contribution < 1.29 is 27.4 Å².